The fourth-order valence-electron chi connectivity index (χ4n) is 2.12. The zero-order valence-corrected chi connectivity index (χ0v) is 13.0. The summed E-state index contributed by atoms with van der Waals surface area (Å²) in [7, 11) is 0. The fourth-order valence-corrected chi connectivity index (χ4v) is 2.59. The Labute approximate surface area is 141 Å². The first kappa shape index (κ1) is 16.7. The average Bonchev–Trinajstić information content (AvgIpc) is 2.55. The van der Waals surface area contributed by atoms with Crippen molar-refractivity contribution in [3.8, 4) is 12.1 Å². The summed E-state index contributed by atoms with van der Waals surface area (Å²) in [5, 5.41) is 30.9. The van der Waals surface area contributed by atoms with Crippen LogP contribution in [-0.2, 0) is 11.8 Å². The molecule has 0 radical (unpaired) electrons. The van der Waals surface area contributed by atoms with Crippen LogP contribution >= 0.6 is 23.2 Å². The average molecular weight is 347 g/mol. The Morgan fingerprint density at radius 2 is 1.96 bits per heavy atom. The number of halogens is 2. The molecular formula is C15H8Cl2N4O2. The Morgan fingerprint density at radius 1 is 1.26 bits per heavy atom. The van der Waals surface area contributed by atoms with Gasteiger partial charge in [-0.2, -0.15) is 10.5 Å². The molecule has 2 aromatic rings. The largest absolute Gasteiger partial charge is 0.293 e. The molecule has 114 valence electrons. The van der Waals surface area contributed by atoms with E-state index in [4.69, 9.17) is 23.2 Å². The van der Waals surface area contributed by atoms with E-state index in [-0.39, 0.29) is 22.8 Å². The van der Waals surface area contributed by atoms with E-state index in [0.717, 1.165) is 0 Å². The van der Waals surface area contributed by atoms with Crippen molar-refractivity contribution >= 4 is 28.9 Å². The summed E-state index contributed by atoms with van der Waals surface area (Å²) in [4.78, 5) is 14.4. The van der Waals surface area contributed by atoms with Gasteiger partial charge in [-0.3, -0.25) is 15.1 Å². The second-order valence-corrected chi connectivity index (χ2v) is 5.51. The lowest BCUT2D eigenvalue weighted by atomic mass is 9.80. The highest BCUT2D eigenvalue weighted by atomic mass is 35.5. The Morgan fingerprint density at radius 3 is 2.52 bits per heavy atom. The number of rotatable bonds is 4. The Hall–Kier alpha value is -2.67. The lowest BCUT2D eigenvalue weighted by Crippen LogP contribution is -2.27. The highest BCUT2D eigenvalue weighted by Crippen LogP contribution is 2.34. The molecule has 0 aliphatic carbocycles. The highest BCUT2D eigenvalue weighted by molar-refractivity contribution is 6.35. The van der Waals surface area contributed by atoms with Crippen molar-refractivity contribution in [3.63, 3.8) is 0 Å². The van der Waals surface area contributed by atoms with Crippen molar-refractivity contribution in [3.05, 3.63) is 67.9 Å². The van der Waals surface area contributed by atoms with Crippen molar-refractivity contribution in [2.24, 2.45) is 0 Å². The maximum absolute atomic E-state index is 11.2. The normalized spacial score (nSPS) is 10.6. The number of hydrogen-bond donors (Lipinski definition) is 0. The van der Waals surface area contributed by atoms with Gasteiger partial charge in [0.2, 0.25) is 0 Å². The molecule has 0 unspecified atom stereocenters. The molecule has 0 amide bonds. The molecule has 2 rings (SSSR count). The Kier molecular flexibility index (Phi) is 4.80. The van der Waals surface area contributed by atoms with Gasteiger partial charge in [-0.25, -0.2) is 0 Å². The van der Waals surface area contributed by atoms with Gasteiger partial charge in [0.1, 0.15) is 0 Å². The molecule has 0 spiro atoms. The first-order valence-electron chi connectivity index (χ1n) is 6.30. The minimum atomic E-state index is -1.83. The molecule has 0 saturated carbocycles. The molecule has 23 heavy (non-hydrogen) atoms. The van der Waals surface area contributed by atoms with E-state index in [1.807, 2.05) is 12.1 Å². The molecule has 1 aromatic heterocycles. The van der Waals surface area contributed by atoms with Crippen LogP contribution in [0.25, 0.3) is 0 Å². The number of pyridine rings is 1. The first-order valence-corrected chi connectivity index (χ1v) is 7.05. The van der Waals surface area contributed by atoms with Crippen LogP contribution in [-0.4, -0.2) is 9.91 Å². The summed E-state index contributed by atoms with van der Waals surface area (Å²) >= 11 is 11.9. The summed E-state index contributed by atoms with van der Waals surface area (Å²) < 4.78 is 0. The minimum absolute atomic E-state index is 0.145. The molecule has 0 aliphatic heterocycles. The molecule has 0 atom stereocenters. The standard InChI is InChI=1S/C15H8Cl2N4O2/c16-11-4-3-10(12(17)6-11)7-15(8-18,9-19)14-13(21(22)23)2-1-5-20-14/h1-6H,7H2. The molecule has 6 nitrogen and oxygen atoms in total. The third-order valence-corrected chi connectivity index (χ3v) is 3.83. The molecule has 8 heteroatoms. The Balaban J connectivity index is 2.60. The number of nitriles is 2. The molecule has 1 aromatic carbocycles. The number of nitrogens with zero attached hydrogens (tertiary/aromatic N) is 4. The molecule has 0 aliphatic rings. The maximum Gasteiger partial charge on any atom is 0.293 e. The smallest absolute Gasteiger partial charge is 0.258 e. The van der Waals surface area contributed by atoms with Gasteiger partial charge in [-0.05, 0) is 23.8 Å². The summed E-state index contributed by atoms with van der Waals surface area (Å²) in [6.45, 7) is 0. The molecule has 0 fully saturated rings. The minimum Gasteiger partial charge on any atom is -0.258 e. The van der Waals surface area contributed by atoms with Gasteiger partial charge in [-0.15, -0.1) is 0 Å². The van der Waals surface area contributed by atoms with Crippen molar-refractivity contribution in [1.82, 2.24) is 4.98 Å². The Bertz CT molecular complexity index is 841. The quantitative estimate of drug-likeness (QED) is 0.618. The summed E-state index contributed by atoms with van der Waals surface area (Å²) in [5.74, 6) is 0. The van der Waals surface area contributed by atoms with E-state index in [0.29, 0.717) is 10.6 Å². The van der Waals surface area contributed by atoms with Crippen molar-refractivity contribution in [2.75, 3.05) is 0 Å². The third-order valence-electron chi connectivity index (χ3n) is 3.24. The van der Waals surface area contributed by atoms with Crippen LogP contribution in [0.3, 0.4) is 0 Å². The third kappa shape index (κ3) is 3.24. The van der Waals surface area contributed by atoms with E-state index in [1.165, 1.54) is 24.4 Å². The van der Waals surface area contributed by atoms with E-state index in [9.17, 15) is 20.6 Å². The highest BCUT2D eigenvalue weighted by Gasteiger charge is 2.40. The fraction of sp³-hybridized carbons (Fsp3) is 0.133. The number of nitro groups is 1. The van der Waals surface area contributed by atoms with Crippen molar-refractivity contribution in [1.29, 1.82) is 10.5 Å². The molecule has 0 bridgehead atoms. The van der Waals surface area contributed by atoms with Crippen LogP contribution in [0.2, 0.25) is 10.0 Å². The lowest BCUT2D eigenvalue weighted by molar-refractivity contribution is -0.386. The zero-order chi connectivity index (χ0) is 17.0. The predicted octanol–water partition coefficient (Wildman–Crippen LogP) is 3.82. The van der Waals surface area contributed by atoms with Gasteiger partial charge in [0, 0.05) is 28.7 Å². The van der Waals surface area contributed by atoms with Crippen LogP contribution in [0.1, 0.15) is 11.3 Å². The number of benzene rings is 1. The molecular weight excluding hydrogens is 339 g/mol. The second kappa shape index (κ2) is 6.62. The van der Waals surface area contributed by atoms with Crippen LogP contribution in [0.4, 0.5) is 5.69 Å². The first-order chi connectivity index (χ1) is 10.9. The number of hydrogen-bond acceptors (Lipinski definition) is 5. The molecule has 0 N–H and O–H groups in total. The predicted molar refractivity (Wildman–Crippen MR) is 84.0 cm³/mol. The second-order valence-electron chi connectivity index (χ2n) is 4.67. The lowest BCUT2D eigenvalue weighted by Gasteiger charge is -2.18. The van der Waals surface area contributed by atoms with Crippen molar-refractivity contribution in [2.45, 2.75) is 11.8 Å². The van der Waals surface area contributed by atoms with Crippen LogP contribution in [0, 0.1) is 32.8 Å². The van der Waals surface area contributed by atoms with E-state index in [2.05, 4.69) is 4.98 Å². The van der Waals surface area contributed by atoms with Gasteiger partial charge < -0.3 is 0 Å². The van der Waals surface area contributed by atoms with Gasteiger partial charge in [-0.1, -0.05) is 29.3 Å². The maximum atomic E-state index is 11.2. The van der Waals surface area contributed by atoms with Gasteiger partial charge in [0.25, 0.3) is 5.69 Å². The number of aromatic nitrogens is 1. The topological polar surface area (TPSA) is 104 Å². The summed E-state index contributed by atoms with van der Waals surface area (Å²) in [5.41, 5.74) is -1.96. The van der Waals surface area contributed by atoms with Gasteiger partial charge in [0.05, 0.1) is 17.1 Å². The van der Waals surface area contributed by atoms with E-state index >= 15 is 0 Å². The summed E-state index contributed by atoms with van der Waals surface area (Å²) in [6.07, 6.45) is 1.16. The van der Waals surface area contributed by atoms with Crippen LogP contribution in [0.15, 0.2) is 36.5 Å². The van der Waals surface area contributed by atoms with Gasteiger partial charge in [0.15, 0.2) is 11.1 Å². The SMILES string of the molecule is N#CC(C#N)(Cc1ccc(Cl)cc1Cl)c1ncccc1[N+](=O)[O-]. The monoisotopic (exact) mass is 346 g/mol. The van der Waals surface area contributed by atoms with E-state index < -0.39 is 10.3 Å². The van der Waals surface area contributed by atoms with Crippen molar-refractivity contribution < 1.29 is 4.92 Å². The van der Waals surface area contributed by atoms with Crippen LogP contribution in [0.5, 0.6) is 0 Å². The molecule has 1 heterocycles. The molecule has 0 saturated heterocycles. The van der Waals surface area contributed by atoms with Gasteiger partial charge >= 0.3 is 0 Å². The zero-order valence-electron chi connectivity index (χ0n) is 11.5. The van der Waals surface area contributed by atoms with E-state index in [1.54, 1.807) is 12.1 Å². The summed E-state index contributed by atoms with van der Waals surface area (Å²) in [6, 6.07) is 10.9. The van der Waals surface area contributed by atoms with Crippen LogP contribution < -0.4 is 0 Å².